The van der Waals surface area contributed by atoms with E-state index >= 15 is 0 Å². The maximum absolute atomic E-state index is 12.0. The molecule has 0 aliphatic carbocycles. The first kappa shape index (κ1) is 13.4. The normalized spacial score (nSPS) is 11.6. The van der Waals surface area contributed by atoms with Crippen molar-refractivity contribution in [3.05, 3.63) is 41.9 Å². The Morgan fingerprint density at radius 3 is 2.79 bits per heavy atom. The highest BCUT2D eigenvalue weighted by Gasteiger charge is 2.26. The number of nitrogens with zero attached hydrogens (tertiary/aromatic N) is 3. The van der Waals surface area contributed by atoms with E-state index in [1.54, 1.807) is 23.3 Å². The van der Waals surface area contributed by atoms with Gasteiger partial charge in [-0.25, -0.2) is 0 Å². The van der Waals surface area contributed by atoms with E-state index < -0.39 is 12.7 Å². The lowest BCUT2D eigenvalue weighted by atomic mass is 10.2. The standard InChI is InChI=1S/C12H13F3N4/c1-9-6-16-4-2-10(9)7-19-5-3-11(18-19)17-8-12(13,14)15/h2-6H,7-8H2,1H3,(H,17,18). The van der Waals surface area contributed by atoms with Crippen LogP contribution >= 0.6 is 0 Å². The van der Waals surface area contributed by atoms with E-state index in [9.17, 15) is 13.2 Å². The van der Waals surface area contributed by atoms with Crippen LogP contribution in [0, 0.1) is 6.92 Å². The van der Waals surface area contributed by atoms with Crippen LogP contribution in [0.2, 0.25) is 0 Å². The molecule has 0 saturated heterocycles. The molecular weight excluding hydrogens is 257 g/mol. The molecule has 0 saturated carbocycles. The molecule has 102 valence electrons. The lowest BCUT2D eigenvalue weighted by molar-refractivity contribution is -0.115. The van der Waals surface area contributed by atoms with Gasteiger partial charge in [0.2, 0.25) is 0 Å². The molecule has 0 aliphatic heterocycles. The van der Waals surface area contributed by atoms with Crippen LogP contribution in [0.5, 0.6) is 0 Å². The van der Waals surface area contributed by atoms with Crippen LogP contribution in [0.3, 0.4) is 0 Å². The van der Waals surface area contributed by atoms with Crippen molar-refractivity contribution in [1.29, 1.82) is 0 Å². The fourth-order valence-corrected chi connectivity index (χ4v) is 1.59. The number of aromatic nitrogens is 3. The molecule has 2 rings (SSSR count). The van der Waals surface area contributed by atoms with Gasteiger partial charge in [-0.2, -0.15) is 18.3 Å². The zero-order valence-electron chi connectivity index (χ0n) is 10.3. The van der Waals surface area contributed by atoms with Crippen molar-refractivity contribution in [2.45, 2.75) is 19.6 Å². The second kappa shape index (κ2) is 5.29. The van der Waals surface area contributed by atoms with Gasteiger partial charge in [-0.1, -0.05) is 0 Å². The molecule has 0 fully saturated rings. The van der Waals surface area contributed by atoms with Gasteiger partial charge >= 0.3 is 6.18 Å². The van der Waals surface area contributed by atoms with Crippen molar-refractivity contribution < 1.29 is 13.2 Å². The van der Waals surface area contributed by atoms with Crippen molar-refractivity contribution in [3.63, 3.8) is 0 Å². The highest BCUT2D eigenvalue weighted by molar-refractivity contribution is 5.32. The average molecular weight is 270 g/mol. The Kier molecular flexibility index (Phi) is 3.73. The van der Waals surface area contributed by atoms with Gasteiger partial charge in [0.1, 0.15) is 12.4 Å². The lowest BCUT2D eigenvalue weighted by Crippen LogP contribution is -2.21. The first-order valence-electron chi connectivity index (χ1n) is 5.67. The van der Waals surface area contributed by atoms with Crippen molar-refractivity contribution in [3.8, 4) is 0 Å². The fourth-order valence-electron chi connectivity index (χ4n) is 1.59. The molecule has 0 bridgehead atoms. The Balaban J connectivity index is 2.00. The zero-order valence-corrected chi connectivity index (χ0v) is 10.3. The molecule has 2 aromatic heterocycles. The smallest absolute Gasteiger partial charge is 0.360 e. The summed E-state index contributed by atoms with van der Waals surface area (Å²) in [5, 5.41) is 6.27. The van der Waals surface area contributed by atoms with E-state index in [0.717, 1.165) is 11.1 Å². The molecule has 1 N–H and O–H groups in total. The molecule has 0 amide bonds. The second-order valence-electron chi connectivity index (χ2n) is 4.17. The molecule has 0 aromatic carbocycles. The first-order valence-corrected chi connectivity index (χ1v) is 5.67. The minimum Gasteiger partial charge on any atom is -0.360 e. The summed E-state index contributed by atoms with van der Waals surface area (Å²) in [6, 6.07) is 3.38. The third-order valence-corrected chi connectivity index (χ3v) is 2.58. The number of pyridine rings is 1. The number of hydrogen-bond acceptors (Lipinski definition) is 3. The van der Waals surface area contributed by atoms with Crippen molar-refractivity contribution in [2.75, 3.05) is 11.9 Å². The molecule has 0 spiro atoms. The van der Waals surface area contributed by atoms with Crippen molar-refractivity contribution in [2.24, 2.45) is 0 Å². The quantitative estimate of drug-likeness (QED) is 0.928. The molecule has 2 aromatic rings. The molecule has 0 atom stereocenters. The highest BCUT2D eigenvalue weighted by Crippen LogP contribution is 2.15. The van der Waals surface area contributed by atoms with Crippen LogP contribution in [0.15, 0.2) is 30.7 Å². The molecule has 0 unspecified atom stereocenters. The summed E-state index contributed by atoms with van der Waals surface area (Å²) >= 11 is 0. The monoisotopic (exact) mass is 270 g/mol. The van der Waals surface area contributed by atoms with E-state index in [1.807, 2.05) is 13.0 Å². The maximum Gasteiger partial charge on any atom is 0.405 e. The van der Waals surface area contributed by atoms with Gasteiger partial charge in [-0.15, -0.1) is 0 Å². The van der Waals surface area contributed by atoms with Gasteiger partial charge < -0.3 is 5.32 Å². The molecule has 7 heteroatoms. The molecule has 2 heterocycles. The van der Waals surface area contributed by atoms with Gasteiger partial charge in [0, 0.05) is 24.7 Å². The van der Waals surface area contributed by atoms with E-state index in [1.165, 1.54) is 6.07 Å². The Labute approximate surface area is 108 Å². The fraction of sp³-hybridized carbons (Fsp3) is 0.333. The second-order valence-corrected chi connectivity index (χ2v) is 4.17. The van der Waals surface area contributed by atoms with Crippen LogP contribution in [-0.4, -0.2) is 27.5 Å². The summed E-state index contributed by atoms with van der Waals surface area (Å²) in [7, 11) is 0. The van der Waals surface area contributed by atoms with Crippen molar-refractivity contribution in [1.82, 2.24) is 14.8 Å². The summed E-state index contributed by atoms with van der Waals surface area (Å²) in [5.74, 6) is 0.212. The SMILES string of the molecule is Cc1cnccc1Cn1ccc(NCC(F)(F)F)n1. The predicted molar refractivity (Wildman–Crippen MR) is 64.8 cm³/mol. The minimum absolute atomic E-state index is 0.212. The Bertz CT molecular complexity index is 548. The lowest BCUT2D eigenvalue weighted by Gasteiger charge is -2.07. The summed E-state index contributed by atoms with van der Waals surface area (Å²) in [5.41, 5.74) is 2.04. The Morgan fingerprint density at radius 1 is 1.32 bits per heavy atom. The molecule has 0 aliphatic rings. The number of halogens is 3. The van der Waals surface area contributed by atoms with Gasteiger partial charge in [-0.05, 0) is 24.1 Å². The maximum atomic E-state index is 12.0. The van der Waals surface area contributed by atoms with Crippen molar-refractivity contribution >= 4 is 5.82 Å². The van der Waals surface area contributed by atoms with Crippen LogP contribution in [-0.2, 0) is 6.54 Å². The summed E-state index contributed by atoms with van der Waals surface area (Å²) in [6.45, 7) is 1.34. The number of hydrogen-bond donors (Lipinski definition) is 1. The average Bonchev–Trinajstić information content (AvgIpc) is 2.77. The largest absolute Gasteiger partial charge is 0.405 e. The topological polar surface area (TPSA) is 42.7 Å². The minimum atomic E-state index is -4.24. The van der Waals surface area contributed by atoms with Gasteiger partial charge in [0.05, 0.1) is 6.54 Å². The summed E-state index contributed by atoms with van der Waals surface area (Å²) in [6.07, 6.45) is 0.806. The van der Waals surface area contributed by atoms with E-state index in [0.29, 0.717) is 6.54 Å². The molecule has 19 heavy (non-hydrogen) atoms. The molecule has 0 radical (unpaired) electrons. The zero-order chi connectivity index (χ0) is 13.9. The highest BCUT2D eigenvalue weighted by atomic mass is 19.4. The number of alkyl halides is 3. The number of aryl methyl sites for hydroxylation is 1. The Morgan fingerprint density at radius 2 is 2.11 bits per heavy atom. The third kappa shape index (κ3) is 3.97. The van der Waals surface area contributed by atoms with Gasteiger partial charge in [0.25, 0.3) is 0 Å². The number of rotatable bonds is 4. The van der Waals surface area contributed by atoms with E-state index in [4.69, 9.17) is 0 Å². The summed E-state index contributed by atoms with van der Waals surface area (Å²) < 4.78 is 37.7. The molecule has 4 nitrogen and oxygen atoms in total. The van der Waals surface area contributed by atoms with Crippen LogP contribution in [0.1, 0.15) is 11.1 Å². The molecular formula is C12H13F3N4. The Hall–Kier alpha value is -2.05. The van der Waals surface area contributed by atoms with E-state index in [-0.39, 0.29) is 5.82 Å². The summed E-state index contributed by atoms with van der Waals surface area (Å²) in [4.78, 5) is 3.98. The third-order valence-electron chi connectivity index (χ3n) is 2.58. The predicted octanol–water partition coefficient (Wildman–Crippen LogP) is 2.61. The van der Waals surface area contributed by atoms with Gasteiger partial charge in [-0.3, -0.25) is 9.67 Å². The first-order chi connectivity index (χ1) is 8.94. The number of nitrogens with one attached hydrogen (secondary N) is 1. The van der Waals surface area contributed by atoms with Crippen LogP contribution in [0.4, 0.5) is 19.0 Å². The van der Waals surface area contributed by atoms with Crippen LogP contribution in [0.25, 0.3) is 0 Å². The van der Waals surface area contributed by atoms with E-state index in [2.05, 4.69) is 15.4 Å². The van der Waals surface area contributed by atoms with Gasteiger partial charge in [0.15, 0.2) is 0 Å². The van der Waals surface area contributed by atoms with Crippen LogP contribution < -0.4 is 5.32 Å². The number of anilines is 1.